The number of nitrogens with zero attached hydrogens (tertiary/aromatic N) is 1. The molecule has 6 nitrogen and oxygen atoms in total. The highest BCUT2D eigenvalue weighted by atomic mass is 35.5. The Kier molecular flexibility index (Phi) is 5.81. The molecule has 0 fully saturated rings. The molecule has 9 heteroatoms. The monoisotopic (exact) mass is 386 g/mol. The van der Waals surface area contributed by atoms with Crippen LogP contribution >= 0.6 is 23.2 Å². The number of methoxy groups -OCH3 is 2. The van der Waals surface area contributed by atoms with Crippen LogP contribution in [0.5, 0.6) is 5.75 Å². The molecule has 2 aromatic rings. The van der Waals surface area contributed by atoms with E-state index in [2.05, 4.69) is 15.0 Å². The molecule has 1 aromatic carbocycles. The maximum atomic E-state index is 13.7. The Morgan fingerprint density at radius 1 is 1.20 bits per heavy atom. The number of amides is 1. The Labute approximate surface area is 152 Å². The van der Waals surface area contributed by atoms with Crippen molar-refractivity contribution in [3.63, 3.8) is 0 Å². The number of esters is 1. The first-order valence-electron chi connectivity index (χ1n) is 6.89. The SMILES string of the molecule is COC(=O)c1nc(-c2ccc(F)c(OC)c2Cl)cc(NC(C)=O)c1Cl. The van der Waals surface area contributed by atoms with Crippen LogP contribution in [0.1, 0.15) is 17.4 Å². The molecule has 0 spiro atoms. The van der Waals surface area contributed by atoms with E-state index in [9.17, 15) is 14.0 Å². The number of benzene rings is 1. The summed E-state index contributed by atoms with van der Waals surface area (Å²) in [7, 11) is 2.44. The number of hydrogen-bond acceptors (Lipinski definition) is 5. The normalized spacial score (nSPS) is 10.3. The van der Waals surface area contributed by atoms with E-state index in [0.29, 0.717) is 0 Å². The number of pyridine rings is 1. The molecule has 2 rings (SSSR count). The minimum atomic E-state index is -0.802. The van der Waals surface area contributed by atoms with Gasteiger partial charge in [0.2, 0.25) is 5.91 Å². The number of nitrogens with one attached hydrogen (secondary N) is 1. The highest BCUT2D eigenvalue weighted by Crippen LogP contribution is 2.39. The lowest BCUT2D eigenvalue weighted by Crippen LogP contribution is -2.12. The van der Waals surface area contributed by atoms with Crippen molar-refractivity contribution in [2.24, 2.45) is 0 Å². The number of carbonyl (C=O) groups is 2. The third kappa shape index (κ3) is 3.83. The van der Waals surface area contributed by atoms with E-state index >= 15 is 0 Å². The molecular weight excluding hydrogens is 374 g/mol. The Morgan fingerprint density at radius 3 is 2.44 bits per heavy atom. The Hall–Kier alpha value is -2.38. The number of carbonyl (C=O) groups excluding carboxylic acids is 2. The second-order valence-corrected chi connectivity index (χ2v) is 5.59. The number of hydrogen-bond donors (Lipinski definition) is 1. The average molecular weight is 387 g/mol. The van der Waals surface area contributed by atoms with Gasteiger partial charge in [0.15, 0.2) is 17.3 Å². The van der Waals surface area contributed by atoms with Crippen LogP contribution in [0, 0.1) is 5.82 Å². The van der Waals surface area contributed by atoms with Crippen LogP contribution < -0.4 is 10.1 Å². The number of anilines is 1. The molecular formula is C16H13Cl2FN2O4. The van der Waals surface area contributed by atoms with Gasteiger partial charge in [0.05, 0.1) is 35.6 Å². The lowest BCUT2D eigenvalue weighted by Gasteiger charge is -2.14. The number of halogens is 3. The van der Waals surface area contributed by atoms with Gasteiger partial charge in [-0.2, -0.15) is 0 Å². The number of ether oxygens (including phenoxy) is 2. The van der Waals surface area contributed by atoms with Crippen molar-refractivity contribution in [1.29, 1.82) is 0 Å². The molecule has 0 unspecified atom stereocenters. The predicted octanol–water partition coefficient (Wildman–Crippen LogP) is 3.95. The van der Waals surface area contributed by atoms with Crippen LogP contribution in [0.15, 0.2) is 18.2 Å². The van der Waals surface area contributed by atoms with Gasteiger partial charge in [-0.3, -0.25) is 4.79 Å². The summed E-state index contributed by atoms with van der Waals surface area (Å²) in [6.45, 7) is 1.28. The van der Waals surface area contributed by atoms with Gasteiger partial charge in [0.1, 0.15) is 0 Å². The number of rotatable bonds is 4. The zero-order valence-electron chi connectivity index (χ0n) is 13.4. The predicted molar refractivity (Wildman–Crippen MR) is 91.8 cm³/mol. The summed E-state index contributed by atoms with van der Waals surface area (Å²) in [5, 5.41) is 2.37. The summed E-state index contributed by atoms with van der Waals surface area (Å²) < 4.78 is 23.3. The first-order chi connectivity index (χ1) is 11.8. The molecule has 0 saturated carbocycles. The molecule has 0 aliphatic heterocycles. The molecule has 0 aliphatic rings. The highest BCUT2D eigenvalue weighted by Gasteiger charge is 2.22. The summed E-state index contributed by atoms with van der Waals surface area (Å²) in [5.41, 5.74) is 0.383. The van der Waals surface area contributed by atoms with Gasteiger partial charge < -0.3 is 14.8 Å². The zero-order valence-corrected chi connectivity index (χ0v) is 15.0. The second-order valence-electron chi connectivity index (χ2n) is 4.83. The third-order valence-electron chi connectivity index (χ3n) is 3.18. The van der Waals surface area contributed by atoms with Crippen LogP contribution in [0.4, 0.5) is 10.1 Å². The zero-order chi connectivity index (χ0) is 18.7. The molecule has 1 N–H and O–H groups in total. The molecule has 1 heterocycles. The molecule has 0 aliphatic carbocycles. The third-order valence-corrected chi connectivity index (χ3v) is 3.93. The summed E-state index contributed by atoms with van der Waals surface area (Å²) in [4.78, 5) is 27.4. The summed E-state index contributed by atoms with van der Waals surface area (Å²) in [6, 6.07) is 3.93. The van der Waals surface area contributed by atoms with E-state index in [0.717, 1.165) is 6.07 Å². The largest absolute Gasteiger partial charge is 0.492 e. The van der Waals surface area contributed by atoms with Gasteiger partial charge in [-0.15, -0.1) is 0 Å². The molecule has 1 amide bonds. The van der Waals surface area contributed by atoms with Crippen LogP contribution in [0.25, 0.3) is 11.3 Å². The second kappa shape index (κ2) is 7.67. The molecule has 1 aromatic heterocycles. The molecule has 0 saturated heterocycles. The van der Waals surface area contributed by atoms with Crippen LogP contribution in [-0.4, -0.2) is 31.1 Å². The van der Waals surface area contributed by atoms with Gasteiger partial charge in [-0.05, 0) is 18.2 Å². The first kappa shape index (κ1) is 19.0. The van der Waals surface area contributed by atoms with Crippen LogP contribution in [-0.2, 0) is 9.53 Å². The Bertz CT molecular complexity index is 859. The Morgan fingerprint density at radius 2 is 1.88 bits per heavy atom. The smallest absolute Gasteiger partial charge is 0.358 e. The maximum Gasteiger partial charge on any atom is 0.358 e. The highest BCUT2D eigenvalue weighted by molar-refractivity contribution is 6.37. The summed E-state index contributed by atoms with van der Waals surface area (Å²) in [5.74, 6) is -2.03. The van der Waals surface area contributed by atoms with E-state index in [1.807, 2.05) is 0 Å². The minimum absolute atomic E-state index is 0.0399. The van der Waals surface area contributed by atoms with Crippen molar-refractivity contribution < 1.29 is 23.5 Å². The van der Waals surface area contributed by atoms with E-state index in [1.54, 1.807) is 0 Å². The fourth-order valence-corrected chi connectivity index (χ4v) is 2.65. The van der Waals surface area contributed by atoms with Crippen molar-refractivity contribution >= 4 is 40.8 Å². The van der Waals surface area contributed by atoms with Crippen LogP contribution in [0.3, 0.4) is 0 Å². The van der Waals surface area contributed by atoms with E-state index in [-0.39, 0.29) is 38.4 Å². The van der Waals surface area contributed by atoms with Gasteiger partial charge >= 0.3 is 5.97 Å². The summed E-state index contributed by atoms with van der Waals surface area (Å²) >= 11 is 12.3. The van der Waals surface area contributed by atoms with Crippen molar-refractivity contribution in [3.05, 3.63) is 39.8 Å². The van der Waals surface area contributed by atoms with Crippen molar-refractivity contribution in [1.82, 2.24) is 4.98 Å². The van der Waals surface area contributed by atoms with Crippen LogP contribution in [0.2, 0.25) is 10.0 Å². The van der Waals surface area contributed by atoms with Crippen molar-refractivity contribution in [3.8, 4) is 17.0 Å². The topological polar surface area (TPSA) is 77.5 Å². The minimum Gasteiger partial charge on any atom is -0.492 e. The van der Waals surface area contributed by atoms with E-state index in [1.165, 1.54) is 33.3 Å². The molecule has 25 heavy (non-hydrogen) atoms. The maximum absolute atomic E-state index is 13.7. The Balaban J connectivity index is 2.73. The number of aromatic nitrogens is 1. The summed E-state index contributed by atoms with van der Waals surface area (Å²) in [6.07, 6.45) is 0. The fraction of sp³-hybridized carbons (Fsp3) is 0.188. The standard InChI is InChI=1S/C16H13Cl2FN2O4/c1-7(22)20-11-6-10(21-14(13(11)18)16(23)25-3)8-4-5-9(19)15(24-2)12(8)17/h4-6H,1-3H3,(H,20,21,22). The molecule has 0 bridgehead atoms. The lowest BCUT2D eigenvalue weighted by molar-refractivity contribution is -0.114. The van der Waals surface area contributed by atoms with Gasteiger partial charge in [-0.25, -0.2) is 14.2 Å². The fourth-order valence-electron chi connectivity index (χ4n) is 2.10. The van der Waals surface area contributed by atoms with Gasteiger partial charge in [0.25, 0.3) is 0 Å². The average Bonchev–Trinajstić information content (AvgIpc) is 2.56. The first-order valence-corrected chi connectivity index (χ1v) is 7.64. The van der Waals surface area contributed by atoms with E-state index in [4.69, 9.17) is 27.9 Å². The van der Waals surface area contributed by atoms with Crippen molar-refractivity contribution in [2.75, 3.05) is 19.5 Å². The quantitative estimate of drug-likeness (QED) is 0.804. The molecule has 132 valence electrons. The molecule has 0 radical (unpaired) electrons. The molecule has 0 atom stereocenters. The van der Waals surface area contributed by atoms with Gasteiger partial charge in [0, 0.05) is 12.5 Å². The van der Waals surface area contributed by atoms with Gasteiger partial charge in [-0.1, -0.05) is 23.2 Å². The lowest BCUT2D eigenvalue weighted by atomic mass is 10.1. The van der Waals surface area contributed by atoms with Crippen molar-refractivity contribution in [2.45, 2.75) is 6.92 Å². The van der Waals surface area contributed by atoms with E-state index < -0.39 is 17.7 Å².